The zero-order valence-corrected chi connectivity index (χ0v) is 17.9. The Morgan fingerprint density at radius 2 is 1.16 bits per heavy atom. The molecule has 3 aromatic rings. The van der Waals surface area contributed by atoms with Crippen molar-refractivity contribution in [3.05, 3.63) is 119 Å². The molecule has 3 heteroatoms. The van der Waals surface area contributed by atoms with Gasteiger partial charge in [-0.05, 0) is 66.8 Å². The molecule has 0 saturated heterocycles. The van der Waals surface area contributed by atoms with E-state index in [1.165, 1.54) is 11.1 Å². The largest absolute Gasteiger partial charge is 0.396 e. The second-order valence-corrected chi connectivity index (χ2v) is 7.95. The van der Waals surface area contributed by atoms with Gasteiger partial charge in [-0.2, -0.15) is 13.2 Å². The van der Waals surface area contributed by atoms with Gasteiger partial charge in [0.15, 0.2) is 0 Å². The Bertz CT molecular complexity index is 936. The maximum Gasteiger partial charge on any atom is 0.396 e. The quantitative estimate of drug-likeness (QED) is 0.308. The van der Waals surface area contributed by atoms with E-state index in [9.17, 15) is 13.2 Å². The average molecular weight is 423 g/mol. The predicted molar refractivity (Wildman–Crippen MR) is 122 cm³/mol. The molecule has 0 nitrogen and oxygen atoms in total. The van der Waals surface area contributed by atoms with Crippen molar-refractivity contribution in [2.24, 2.45) is 0 Å². The third-order valence-corrected chi connectivity index (χ3v) is 5.62. The maximum absolute atomic E-state index is 13.6. The Kier molecular flexibility index (Phi) is 8.11. The Hall–Kier alpha value is -2.81. The van der Waals surface area contributed by atoms with Crippen LogP contribution in [0.15, 0.2) is 91.0 Å². The molecule has 0 unspecified atom stereocenters. The molecule has 0 fully saturated rings. The van der Waals surface area contributed by atoms with E-state index in [0.717, 1.165) is 31.2 Å². The highest BCUT2D eigenvalue weighted by molar-refractivity contribution is 5.29. The van der Waals surface area contributed by atoms with Crippen LogP contribution in [0.5, 0.6) is 0 Å². The molecule has 3 aromatic carbocycles. The number of alkyl halides is 3. The minimum atomic E-state index is -4.26. The minimum Gasteiger partial charge on any atom is -0.170 e. The van der Waals surface area contributed by atoms with E-state index in [1.807, 2.05) is 31.2 Å². The first-order valence-electron chi connectivity index (χ1n) is 10.8. The zero-order chi connectivity index (χ0) is 22.1. The van der Waals surface area contributed by atoms with E-state index in [-0.39, 0.29) is 6.42 Å². The standard InChI is InChI=1S/C28H29F3/c1-2-3-5-8-22-11-13-23(14-12-22)15-16-24-17-19-25(20-18-24)21-27(28(29,30)31)26-9-6-4-7-10-26/h2-4,6-7,9-14,17-20,27H,5,8,15-16,21H2,1H3/b3-2+/t27-/m0/s1. The lowest BCUT2D eigenvalue weighted by Crippen LogP contribution is -2.23. The maximum atomic E-state index is 13.6. The van der Waals surface area contributed by atoms with Gasteiger partial charge in [0.1, 0.15) is 0 Å². The normalized spacial score (nSPS) is 12.9. The second kappa shape index (κ2) is 11.0. The van der Waals surface area contributed by atoms with Gasteiger partial charge in [-0.3, -0.25) is 0 Å². The van der Waals surface area contributed by atoms with Crippen molar-refractivity contribution in [3.63, 3.8) is 0 Å². The molecule has 1 atom stereocenters. The first kappa shape index (κ1) is 22.9. The number of halogens is 3. The summed E-state index contributed by atoms with van der Waals surface area (Å²) in [5.41, 5.74) is 4.78. The van der Waals surface area contributed by atoms with Gasteiger partial charge in [-0.1, -0.05) is 91.0 Å². The molecule has 0 aliphatic carbocycles. The molecule has 0 bridgehead atoms. The van der Waals surface area contributed by atoms with E-state index < -0.39 is 12.1 Å². The summed E-state index contributed by atoms with van der Waals surface area (Å²) in [6, 6.07) is 24.5. The number of rotatable bonds is 9. The van der Waals surface area contributed by atoms with E-state index in [0.29, 0.717) is 11.1 Å². The molecular formula is C28H29F3. The molecule has 0 aliphatic rings. The molecule has 0 radical (unpaired) electrons. The number of hydrogen-bond donors (Lipinski definition) is 0. The molecule has 0 aliphatic heterocycles. The van der Waals surface area contributed by atoms with Crippen molar-refractivity contribution in [1.82, 2.24) is 0 Å². The van der Waals surface area contributed by atoms with Crippen LogP contribution in [0.4, 0.5) is 13.2 Å². The van der Waals surface area contributed by atoms with Crippen molar-refractivity contribution >= 4 is 0 Å². The lowest BCUT2D eigenvalue weighted by Gasteiger charge is -2.21. The summed E-state index contributed by atoms with van der Waals surface area (Å²) in [5.74, 6) is -1.48. The molecule has 0 heterocycles. The first-order chi connectivity index (χ1) is 15.0. The number of hydrogen-bond acceptors (Lipinski definition) is 0. The van der Waals surface area contributed by atoms with E-state index in [4.69, 9.17) is 0 Å². The van der Waals surface area contributed by atoms with Crippen molar-refractivity contribution < 1.29 is 13.2 Å². The summed E-state index contributed by atoms with van der Waals surface area (Å²) in [7, 11) is 0. The van der Waals surface area contributed by atoms with Gasteiger partial charge in [0.2, 0.25) is 0 Å². The average Bonchev–Trinajstić information content (AvgIpc) is 2.78. The highest BCUT2D eigenvalue weighted by atomic mass is 19.4. The van der Waals surface area contributed by atoms with E-state index >= 15 is 0 Å². The second-order valence-electron chi connectivity index (χ2n) is 7.95. The first-order valence-corrected chi connectivity index (χ1v) is 10.8. The van der Waals surface area contributed by atoms with Crippen LogP contribution < -0.4 is 0 Å². The smallest absolute Gasteiger partial charge is 0.170 e. The molecule has 0 amide bonds. The fourth-order valence-corrected chi connectivity index (χ4v) is 3.76. The highest BCUT2D eigenvalue weighted by Crippen LogP contribution is 2.37. The zero-order valence-electron chi connectivity index (χ0n) is 17.9. The van der Waals surface area contributed by atoms with Gasteiger partial charge in [-0.25, -0.2) is 0 Å². The Balaban J connectivity index is 1.57. The fraction of sp³-hybridized carbons (Fsp3) is 0.286. The Morgan fingerprint density at radius 3 is 1.65 bits per heavy atom. The number of aryl methyl sites for hydroxylation is 3. The third kappa shape index (κ3) is 7.13. The number of benzene rings is 3. The monoisotopic (exact) mass is 422 g/mol. The van der Waals surface area contributed by atoms with Gasteiger partial charge in [0.25, 0.3) is 0 Å². The molecule has 0 saturated carbocycles. The van der Waals surface area contributed by atoms with Crippen molar-refractivity contribution in [3.8, 4) is 0 Å². The van der Waals surface area contributed by atoms with Crippen molar-refractivity contribution in [2.75, 3.05) is 0 Å². The molecule has 3 rings (SSSR count). The summed E-state index contributed by atoms with van der Waals surface area (Å²) in [5, 5.41) is 0. The number of allylic oxidation sites excluding steroid dienone is 2. The Labute approximate surface area is 183 Å². The lowest BCUT2D eigenvalue weighted by molar-refractivity contribution is -0.150. The topological polar surface area (TPSA) is 0 Å². The third-order valence-electron chi connectivity index (χ3n) is 5.62. The van der Waals surface area contributed by atoms with Crippen LogP contribution in [0, 0.1) is 0 Å². The predicted octanol–water partition coefficient (Wildman–Crippen LogP) is 7.87. The summed E-state index contributed by atoms with van der Waals surface area (Å²) in [4.78, 5) is 0. The molecule has 0 aromatic heterocycles. The van der Waals surface area contributed by atoms with Crippen LogP contribution in [0.1, 0.15) is 47.1 Å². The Morgan fingerprint density at radius 1 is 0.677 bits per heavy atom. The molecule has 31 heavy (non-hydrogen) atoms. The van der Waals surface area contributed by atoms with Gasteiger partial charge in [0, 0.05) is 0 Å². The molecule has 162 valence electrons. The van der Waals surface area contributed by atoms with Crippen molar-refractivity contribution in [2.45, 2.75) is 51.1 Å². The summed E-state index contributed by atoms with van der Waals surface area (Å²) < 4.78 is 40.8. The minimum absolute atomic E-state index is 0.0392. The van der Waals surface area contributed by atoms with Crippen LogP contribution in [0.2, 0.25) is 0 Å². The van der Waals surface area contributed by atoms with E-state index in [1.54, 1.807) is 30.3 Å². The molecular weight excluding hydrogens is 393 g/mol. The molecule has 0 spiro atoms. The summed E-state index contributed by atoms with van der Waals surface area (Å²) in [6.07, 6.45) is 3.85. The van der Waals surface area contributed by atoms with Crippen LogP contribution in [-0.4, -0.2) is 6.18 Å². The lowest BCUT2D eigenvalue weighted by atomic mass is 9.91. The van der Waals surface area contributed by atoms with E-state index in [2.05, 4.69) is 36.4 Å². The molecule has 0 N–H and O–H groups in total. The highest BCUT2D eigenvalue weighted by Gasteiger charge is 2.40. The summed E-state index contributed by atoms with van der Waals surface area (Å²) >= 11 is 0. The van der Waals surface area contributed by atoms with Gasteiger partial charge < -0.3 is 0 Å². The van der Waals surface area contributed by atoms with Gasteiger partial charge in [0.05, 0.1) is 5.92 Å². The van der Waals surface area contributed by atoms with Crippen LogP contribution in [0.3, 0.4) is 0 Å². The fourth-order valence-electron chi connectivity index (χ4n) is 3.76. The van der Waals surface area contributed by atoms with Gasteiger partial charge >= 0.3 is 6.18 Å². The summed E-state index contributed by atoms with van der Waals surface area (Å²) in [6.45, 7) is 2.04. The van der Waals surface area contributed by atoms with Crippen LogP contribution in [0.25, 0.3) is 0 Å². The van der Waals surface area contributed by atoms with Crippen LogP contribution in [-0.2, 0) is 25.7 Å². The van der Waals surface area contributed by atoms with Crippen molar-refractivity contribution in [1.29, 1.82) is 0 Å². The SMILES string of the molecule is C/C=C/CCc1ccc(CCc2ccc(C[C@@H](c3ccccc3)C(F)(F)F)cc2)cc1. The van der Waals surface area contributed by atoms with Crippen LogP contribution >= 0.6 is 0 Å². The van der Waals surface area contributed by atoms with Gasteiger partial charge in [-0.15, -0.1) is 0 Å².